The summed E-state index contributed by atoms with van der Waals surface area (Å²) < 4.78 is 43.7. The number of benzene rings is 2. The van der Waals surface area contributed by atoms with Gasteiger partial charge in [0.15, 0.2) is 0 Å². The molecule has 1 aliphatic rings. The lowest BCUT2D eigenvalue weighted by molar-refractivity contribution is -0.137. The number of anilines is 1. The zero-order valence-corrected chi connectivity index (χ0v) is 17.6. The van der Waals surface area contributed by atoms with Gasteiger partial charge in [-0.2, -0.15) is 13.2 Å². The quantitative estimate of drug-likeness (QED) is 0.568. The van der Waals surface area contributed by atoms with Crippen molar-refractivity contribution in [1.82, 2.24) is 15.1 Å². The average Bonchev–Trinajstić information content (AvgIpc) is 3.42. The van der Waals surface area contributed by atoms with Crippen molar-refractivity contribution < 1.29 is 17.6 Å². The highest BCUT2D eigenvalue weighted by molar-refractivity contribution is 5.59. The third kappa shape index (κ3) is 5.07. The Hall–Kier alpha value is -2.87. The molecule has 4 rings (SSSR count). The van der Waals surface area contributed by atoms with Crippen LogP contribution in [0.4, 0.5) is 18.9 Å². The number of hydrogen-bond acceptors (Lipinski definition) is 5. The van der Waals surface area contributed by atoms with E-state index in [0.29, 0.717) is 30.7 Å². The van der Waals surface area contributed by atoms with Crippen LogP contribution in [0.25, 0.3) is 11.5 Å². The predicted octanol–water partition coefficient (Wildman–Crippen LogP) is 4.68. The van der Waals surface area contributed by atoms with Crippen molar-refractivity contribution in [3.63, 3.8) is 0 Å². The number of alkyl halides is 3. The molecule has 2 heterocycles. The van der Waals surface area contributed by atoms with Gasteiger partial charge in [-0.1, -0.05) is 12.1 Å². The van der Waals surface area contributed by atoms with Gasteiger partial charge in [0.05, 0.1) is 5.56 Å². The van der Waals surface area contributed by atoms with Crippen LogP contribution in [0, 0.1) is 0 Å². The van der Waals surface area contributed by atoms with Crippen LogP contribution in [0.5, 0.6) is 0 Å². The van der Waals surface area contributed by atoms with Gasteiger partial charge in [0.2, 0.25) is 11.8 Å². The van der Waals surface area contributed by atoms with Crippen LogP contribution in [0.3, 0.4) is 0 Å². The van der Waals surface area contributed by atoms with Crippen LogP contribution >= 0.6 is 0 Å². The van der Waals surface area contributed by atoms with E-state index in [2.05, 4.69) is 46.2 Å². The third-order valence-electron chi connectivity index (χ3n) is 5.75. The van der Waals surface area contributed by atoms with Crippen molar-refractivity contribution in [3.8, 4) is 11.5 Å². The molecule has 0 spiro atoms. The summed E-state index contributed by atoms with van der Waals surface area (Å²) in [5, 5.41) is 8.20. The molecule has 31 heavy (non-hydrogen) atoms. The molecule has 5 nitrogen and oxygen atoms in total. The number of likely N-dealkylation sites (N-methyl/N-ethyl adjacent to an activating group) is 1. The Morgan fingerprint density at radius 3 is 2.32 bits per heavy atom. The summed E-state index contributed by atoms with van der Waals surface area (Å²) in [5.41, 5.74) is 2.17. The van der Waals surface area contributed by atoms with E-state index in [4.69, 9.17) is 4.42 Å². The summed E-state index contributed by atoms with van der Waals surface area (Å²) in [6.07, 6.45) is -2.17. The number of halogens is 3. The van der Waals surface area contributed by atoms with Gasteiger partial charge in [-0.15, -0.1) is 10.2 Å². The van der Waals surface area contributed by atoms with E-state index < -0.39 is 11.7 Å². The Morgan fingerprint density at radius 2 is 1.71 bits per heavy atom. The SMILES string of the molecule is CN(C)C1CCN(c2ccc(-c3nnc(CCc4ccc(C(F)(F)F)cc4)o3)cc2)C1. The number of rotatable bonds is 6. The highest BCUT2D eigenvalue weighted by Gasteiger charge is 2.30. The fraction of sp³-hybridized carbons (Fsp3) is 0.391. The van der Waals surface area contributed by atoms with Gasteiger partial charge in [-0.3, -0.25) is 0 Å². The molecule has 164 valence electrons. The molecule has 0 saturated carbocycles. The lowest BCUT2D eigenvalue weighted by Crippen LogP contribution is -2.31. The number of hydrogen-bond donors (Lipinski definition) is 0. The summed E-state index contributed by atoms with van der Waals surface area (Å²) in [5.74, 6) is 0.911. The summed E-state index contributed by atoms with van der Waals surface area (Å²) in [4.78, 5) is 4.64. The molecule has 1 fully saturated rings. The molecular formula is C23H25F3N4O. The van der Waals surface area contributed by atoms with Crippen LogP contribution in [-0.2, 0) is 19.0 Å². The molecule has 0 N–H and O–H groups in total. The number of aryl methyl sites for hydroxylation is 2. The minimum absolute atomic E-state index is 0.446. The Morgan fingerprint density at radius 1 is 1.00 bits per heavy atom. The smallest absolute Gasteiger partial charge is 0.416 e. The van der Waals surface area contributed by atoms with Crippen molar-refractivity contribution in [1.29, 1.82) is 0 Å². The number of aromatic nitrogens is 2. The zero-order valence-electron chi connectivity index (χ0n) is 17.6. The molecular weight excluding hydrogens is 405 g/mol. The van der Waals surface area contributed by atoms with E-state index in [1.165, 1.54) is 17.8 Å². The molecule has 8 heteroatoms. The second-order valence-electron chi connectivity index (χ2n) is 8.09. The first-order chi connectivity index (χ1) is 14.8. The molecule has 1 aliphatic heterocycles. The molecule has 0 aliphatic carbocycles. The van der Waals surface area contributed by atoms with Crippen LogP contribution in [0.15, 0.2) is 52.9 Å². The van der Waals surface area contributed by atoms with E-state index in [-0.39, 0.29) is 0 Å². The molecule has 1 atom stereocenters. The van der Waals surface area contributed by atoms with Gasteiger partial charge in [0.25, 0.3) is 0 Å². The van der Waals surface area contributed by atoms with E-state index in [1.807, 2.05) is 12.1 Å². The fourth-order valence-corrected chi connectivity index (χ4v) is 3.80. The van der Waals surface area contributed by atoms with Crippen LogP contribution in [0.2, 0.25) is 0 Å². The fourth-order valence-electron chi connectivity index (χ4n) is 3.80. The van der Waals surface area contributed by atoms with Crippen molar-refractivity contribution >= 4 is 5.69 Å². The minimum atomic E-state index is -4.32. The second-order valence-corrected chi connectivity index (χ2v) is 8.09. The highest BCUT2D eigenvalue weighted by atomic mass is 19.4. The maximum atomic E-state index is 12.7. The monoisotopic (exact) mass is 430 g/mol. The van der Waals surface area contributed by atoms with E-state index >= 15 is 0 Å². The third-order valence-corrected chi connectivity index (χ3v) is 5.75. The van der Waals surface area contributed by atoms with Gasteiger partial charge in [-0.25, -0.2) is 0 Å². The lowest BCUT2D eigenvalue weighted by atomic mass is 10.1. The van der Waals surface area contributed by atoms with E-state index in [0.717, 1.165) is 42.8 Å². The molecule has 1 unspecified atom stereocenters. The van der Waals surface area contributed by atoms with Crippen LogP contribution in [-0.4, -0.2) is 48.3 Å². The summed E-state index contributed by atoms with van der Waals surface area (Å²) in [6, 6.07) is 13.8. The molecule has 1 aromatic heterocycles. The zero-order chi connectivity index (χ0) is 22.0. The first-order valence-corrected chi connectivity index (χ1v) is 10.3. The normalized spacial score (nSPS) is 17.0. The van der Waals surface area contributed by atoms with Gasteiger partial charge in [-0.05, 0) is 68.9 Å². The van der Waals surface area contributed by atoms with Gasteiger partial charge in [0.1, 0.15) is 0 Å². The van der Waals surface area contributed by atoms with Crippen molar-refractivity contribution in [2.45, 2.75) is 31.5 Å². The minimum Gasteiger partial charge on any atom is -0.421 e. The van der Waals surface area contributed by atoms with Crippen molar-refractivity contribution in [2.75, 3.05) is 32.1 Å². The predicted molar refractivity (Wildman–Crippen MR) is 113 cm³/mol. The summed E-state index contributed by atoms with van der Waals surface area (Å²) >= 11 is 0. The topological polar surface area (TPSA) is 45.4 Å². The maximum Gasteiger partial charge on any atom is 0.416 e. The van der Waals surface area contributed by atoms with Crippen molar-refractivity contribution in [3.05, 3.63) is 65.5 Å². The van der Waals surface area contributed by atoms with Crippen LogP contribution < -0.4 is 4.90 Å². The summed E-state index contributed by atoms with van der Waals surface area (Å²) in [7, 11) is 4.23. The Labute approximate surface area is 179 Å². The molecule has 0 amide bonds. The van der Waals surface area contributed by atoms with Crippen LogP contribution in [0.1, 0.15) is 23.4 Å². The van der Waals surface area contributed by atoms with Gasteiger partial charge < -0.3 is 14.2 Å². The summed E-state index contributed by atoms with van der Waals surface area (Å²) in [6.45, 7) is 2.05. The first-order valence-electron chi connectivity index (χ1n) is 10.3. The second kappa shape index (κ2) is 8.70. The maximum absolute atomic E-state index is 12.7. The van der Waals surface area contributed by atoms with E-state index in [9.17, 15) is 13.2 Å². The Bertz CT molecular complexity index is 997. The molecule has 0 radical (unpaired) electrons. The van der Waals surface area contributed by atoms with Gasteiger partial charge >= 0.3 is 6.18 Å². The van der Waals surface area contributed by atoms with Crippen molar-refractivity contribution in [2.24, 2.45) is 0 Å². The molecule has 1 saturated heterocycles. The Balaban J connectivity index is 1.35. The van der Waals surface area contributed by atoms with E-state index in [1.54, 1.807) is 0 Å². The number of nitrogens with zero attached hydrogens (tertiary/aromatic N) is 4. The largest absolute Gasteiger partial charge is 0.421 e. The highest BCUT2D eigenvalue weighted by Crippen LogP contribution is 2.29. The standard InChI is InChI=1S/C23H25F3N4O/c1-29(2)20-13-14-30(15-20)19-10-6-17(7-11-19)22-28-27-21(31-22)12-5-16-3-8-18(9-4-16)23(24,25)26/h3-4,6-11,20H,5,12-15H2,1-2H3. The first kappa shape index (κ1) is 21.4. The average molecular weight is 430 g/mol. The molecule has 0 bridgehead atoms. The lowest BCUT2D eigenvalue weighted by Gasteiger charge is -2.21. The molecule has 2 aromatic carbocycles. The Kier molecular flexibility index (Phi) is 6.00. The van der Waals surface area contributed by atoms with Gasteiger partial charge in [0, 0.05) is 36.8 Å². The molecule has 3 aromatic rings.